The highest BCUT2D eigenvalue weighted by Gasteiger charge is 2.09. The number of amides is 1. The summed E-state index contributed by atoms with van der Waals surface area (Å²) < 4.78 is 5.53. The van der Waals surface area contributed by atoms with Crippen LogP contribution in [0.4, 0.5) is 0 Å². The summed E-state index contributed by atoms with van der Waals surface area (Å²) in [7, 11) is 0. The Hall–Kier alpha value is -2.34. The molecule has 2 aromatic rings. The van der Waals surface area contributed by atoms with Crippen molar-refractivity contribution in [2.75, 3.05) is 0 Å². The zero-order valence-electron chi connectivity index (χ0n) is 10.8. The first kappa shape index (κ1) is 14.1. The molecule has 0 saturated carbocycles. The molecule has 0 spiro atoms. The van der Waals surface area contributed by atoms with Crippen LogP contribution in [0.15, 0.2) is 29.6 Å². The van der Waals surface area contributed by atoms with E-state index in [0.29, 0.717) is 17.9 Å². The van der Waals surface area contributed by atoms with Crippen LogP contribution in [-0.4, -0.2) is 17.0 Å². The number of aryl methyl sites for hydroxylation is 1. The molecule has 5 nitrogen and oxygen atoms in total. The Morgan fingerprint density at radius 1 is 1.35 bits per heavy atom. The van der Waals surface area contributed by atoms with Crippen LogP contribution in [0.2, 0.25) is 0 Å². The quantitative estimate of drug-likeness (QED) is 0.885. The summed E-state index contributed by atoms with van der Waals surface area (Å²) in [6.45, 7) is 2.17. The van der Waals surface area contributed by atoms with Gasteiger partial charge in [0, 0.05) is 17.0 Å². The fourth-order valence-electron chi connectivity index (χ4n) is 1.68. The highest BCUT2D eigenvalue weighted by Crippen LogP contribution is 2.23. The molecular formula is C14H13NO4S. The van der Waals surface area contributed by atoms with Crippen LogP contribution in [-0.2, 0) is 6.61 Å². The number of rotatable bonds is 5. The number of carbonyl (C=O) groups excluding carboxylic acids is 1. The van der Waals surface area contributed by atoms with E-state index < -0.39 is 11.9 Å². The number of benzene rings is 1. The lowest BCUT2D eigenvalue weighted by Gasteiger charge is -2.08. The van der Waals surface area contributed by atoms with E-state index in [9.17, 15) is 9.59 Å². The number of nitrogens with two attached hydrogens (primary N) is 1. The van der Waals surface area contributed by atoms with Crippen molar-refractivity contribution in [3.8, 4) is 5.75 Å². The van der Waals surface area contributed by atoms with Crippen molar-refractivity contribution in [1.29, 1.82) is 0 Å². The Balaban J connectivity index is 2.06. The van der Waals surface area contributed by atoms with Crippen molar-refractivity contribution in [3.63, 3.8) is 0 Å². The largest absolute Gasteiger partial charge is 0.488 e. The lowest BCUT2D eigenvalue weighted by atomic mass is 10.1. The van der Waals surface area contributed by atoms with Crippen molar-refractivity contribution in [2.24, 2.45) is 5.73 Å². The van der Waals surface area contributed by atoms with Gasteiger partial charge in [-0.15, -0.1) is 11.3 Å². The lowest BCUT2D eigenvalue weighted by Crippen LogP contribution is -2.11. The third kappa shape index (κ3) is 3.16. The van der Waals surface area contributed by atoms with Gasteiger partial charge in [-0.25, -0.2) is 4.79 Å². The van der Waals surface area contributed by atoms with Crippen LogP contribution in [0.3, 0.4) is 0 Å². The molecule has 0 aliphatic carbocycles. The minimum atomic E-state index is -0.966. The predicted octanol–water partition coefficient (Wildman–Crippen LogP) is 2.43. The van der Waals surface area contributed by atoms with Crippen LogP contribution in [0.25, 0.3) is 0 Å². The molecule has 20 heavy (non-hydrogen) atoms. The fraction of sp³-hybridized carbons (Fsp3) is 0.143. The predicted molar refractivity (Wildman–Crippen MR) is 75.3 cm³/mol. The van der Waals surface area contributed by atoms with Gasteiger partial charge in [0.25, 0.3) is 0 Å². The Kier molecular flexibility index (Phi) is 4.05. The molecule has 0 saturated heterocycles. The number of aromatic carboxylic acids is 1. The number of hydrogen-bond acceptors (Lipinski definition) is 4. The molecular weight excluding hydrogens is 278 g/mol. The minimum absolute atomic E-state index is 0.237. The number of carbonyl (C=O) groups is 2. The monoisotopic (exact) mass is 291 g/mol. The average molecular weight is 291 g/mol. The van der Waals surface area contributed by atoms with Gasteiger partial charge >= 0.3 is 5.97 Å². The number of carboxylic acids is 1. The Labute approximate surface area is 119 Å². The summed E-state index contributed by atoms with van der Waals surface area (Å²) in [6, 6.07) is 6.61. The first-order chi connectivity index (χ1) is 9.47. The van der Waals surface area contributed by atoms with E-state index >= 15 is 0 Å². The van der Waals surface area contributed by atoms with Gasteiger partial charge in [0.2, 0.25) is 5.91 Å². The zero-order chi connectivity index (χ0) is 14.7. The minimum Gasteiger partial charge on any atom is -0.488 e. The standard InChI is InChI=1S/C14H13NO4S/c1-8-4-9(13(15)16)2-3-10(8)6-19-11-5-12(14(17)18)20-7-11/h2-5,7H,6H2,1H3,(H2,15,16)(H,17,18). The van der Waals surface area contributed by atoms with E-state index in [4.69, 9.17) is 15.6 Å². The molecule has 0 bridgehead atoms. The molecule has 1 aromatic carbocycles. The van der Waals surface area contributed by atoms with Gasteiger partial charge in [-0.3, -0.25) is 4.79 Å². The van der Waals surface area contributed by atoms with Crippen LogP contribution in [0.5, 0.6) is 5.75 Å². The molecule has 1 aromatic heterocycles. The van der Waals surface area contributed by atoms with Gasteiger partial charge in [0.05, 0.1) is 0 Å². The van der Waals surface area contributed by atoms with E-state index in [1.807, 2.05) is 6.92 Å². The Bertz CT molecular complexity index is 663. The Morgan fingerprint density at radius 2 is 2.10 bits per heavy atom. The van der Waals surface area contributed by atoms with Gasteiger partial charge in [-0.1, -0.05) is 6.07 Å². The van der Waals surface area contributed by atoms with Gasteiger partial charge in [-0.05, 0) is 30.2 Å². The van der Waals surface area contributed by atoms with Crippen molar-refractivity contribution >= 4 is 23.2 Å². The molecule has 0 radical (unpaired) electrons. The van der Waals surface area contributed by atoms with Crippen LogP contribution >= 0.6 is 11.3 Å². The number of carboxylic acid groups (broad SMARTS) is 1. The van der Waals surface area contributed by atoms with Crippen LogP contribution in [0.1, 0.15) is 31.2 Å². The molecule has 1 amide bonds. The summed E-state index contributed by atoms with van der Waals surface area (Å²) in [5.74, 6) is -0.915. The Morgan fingerprint density at radius 3 is 2.65 bits per heavy atom. The maximum absolute atomic E-state index is 11.0. The van der Waals surface area contributed by atoms with E-state index in [1.54, 1.807) is 23.6 Å². The molecule has 104 valence electrons. The van der Waals surface area contributed by atoms with Gasteiger partial charge in [0.1, 0.15) is 17.2 Å². The smallest absolute Gasteiger partial charge is 0.346 e. The third-order valence-corrected chi connectivity index (χ3v) is 3.70. The second-order valence-corrected chi connectivity index (χ2v) is 5.16. The first-order valence-corrected chi connectivity index (χ1v) is 6.69. The molecule has 0 aliphatic heterocycles. The summed E-state index contributed by atoms with van der Waals surface area (Å²) in [4.78, 5) is 22.0. The molecule has 3 N–H and O–H groups in total. The number of hydrogen-bond donors (Lipinski definition) is 2. The molecule has 1 heterocycles. The molecule has 6 heteroatoms. The molecule has 0 fully saturated rings. The van der Waals surface area contributed by atoms with Gasteiger partial charge < -0.3 is 15.6 Å². The zero-order valence-corrected chi connectivity index (χ0v) is 11.6. The maximum Gasteiger partial charge on any atom is 0.346 e. The molecule has 0 unspecified atom stereocenters. The molecule has 0 atom stereocenters. The van der Waals surface area contributed by atoms with E-state index in [0.717, 1.165) is 22.5 Å². The van der Waals surface area contributed by atoms with E-state index in [-0.39, 0.29) is 4.88 Å². The highest BCUT2D eigenvalue weighted by atomic mass is 32.1. The topological polar surface area (TPSA) is 89.6 Å². The normalized spacial score (nSPS) is 10.2. The lowest BCUT2D eigenvalue weighted by molar-refractivity contribution is 0.0701. The third-order valence-electron chi connectivity index (χ3n) is 2.81. The number of primary amides is 1. The van der Waals surface area contributed by atoms with Crippen molar-refractivity contribution in [3.05, 3.63) is 51.2 Å². The molecule has 2 rings (SSSR count). The van der Waals surface area contributed by atoms with Gasteiger partial charge in [-0.2, -0.15) is 0 Å². The van der Waals surface area contributed by atoms with E-state index in [1.165, 1.54) is 6.07 Å². The summed E-state index contributed by atoms with van der Waals surface area (Å²) in [5.41, 5.74) is 7.47. The second kappa shape index (κ2) is 5.75. The average Bonchev–Trinajstić information content (AvgIpc) is 2.86. The SMILES string of the molecule is Cc1cc(C(N)=O)ccc1COc1csc(C(=O)O)c1. The van der Waals surface area contributed by atoms with Crippen LogP contribution < -0.4 is 10.5 Å². The number of ether oxygens (including phenoxy) is 1. The van der Waals surface area contributed by atoms with E-state index in [2.05, 4.69) is 0 Å². The fourth-order valence-corrected chi connectivity index (χ4v) is 2.34. The summed E-state index contributed by atoms with van der Waals surface area (Å²) in [6.07, 6.45) is 0. The summed E-state index contributed by atoms with van der Waals surface area (Å²) in [5, 5.41) is 10.5. The van der Waals surface area contributed by atoms with Crippen molar-refractivity contribution in [1.82, 2.24) is 0 Å². The molecule has 0 aliphatic rings. The summed E-state index contributed by atoms with van der Waals surface area (Å²) >= 11 is 1.12. The van der Waals surface area contributed by atoms with Crippen molar-refractivity contribution < 1.29 is 19.4 Å². The second-order valence-electron chi connectivity index (χ2n) is 4.25. The number of thiophene rings is 1. The first-order valence-electron chi connectivity index (χ1n) is 5.81. The highest BCUT2D eigenvalue weighted by molar-refractivity contribution is 7.12. The maximum atomic E-state index is 11.0. The van der Waals surface area contributed by atoms with Gasteiger partial charge in [0.15, 0.2) is 0 Å². The van der Waals surface area contributed by atoms with Crippen molar-refractivity contribution in [2.45, 2.75) is 13.5 Å². The van der Waals surface area contributed by atoms with Crippen LogP contribution in [0, 0.1) is 6.92 Å².